The number of carbonyl (C=O) groups excluding carboxylic acids is 2. The first kappa shape index (κ1) is 34.8. The Morgan fingerprint density at radius 1 is 1.20 bits per heavy atom. The lowest BCUT2D eigenvalue weighted by Gasteiger charge is -2.15. The molecule has 0 bridgehead atoms. The topological polar surface area (TPSA) is 96.2 Å². The number of hydrogen-bond acceptors (Lipinski definition) is 5. The van der Waals surface area contributed by atoms with Crippen LogP contribution < -0.4 is 21.7 Å². The number of thiophene rings is 1. The first-order chi connectivity index (χ1) is 16.4. The molecule has 0 saturated carbocycles. The van der Waals surface area contributed by atoms with Crippen molar-refractivity contribution in [2.75, 3.05) is 24.2 Å². The minimum atomic E-state index is -0.487. The van der Waals surface area contributed by atoms with Crippen LogP contribution in [0.4, 0.5) is 15.5 Å². The summed E-state index contributed by atoms with van der Waals surface area (Å²) >= 11 is 13.3. The van der Waals surface area contributed by atoms with E-state index in [2.05, 4.69) is 34.8 Å². The summed E-state index contributed by atoms with van der Waals surface area (Å²) < 4.78 is 0. The van der Waals surface area contributed by atoms with E-state index in [1.165, 1.54) is 23.1 Å². The first-order valence-corrected chi connectivity index (χ1v) is 12.7. The number of amides is 2. The standard InChI is InChI=1S/C16H16Cl2N2O2S.C6H13N.C2H5N.C2H6/c1-16(2,3)12-7-9(8-21)14(23-12)20-15(22)19-11-6-4-5-10(17)13(11)18;1-6(2)4-5-7-3;1-2-3;1-2/h4-8H,1-3H3,(H2,19,20,22);7H,1,4-5H2,2-3H3;2H,1,3H2;1-2H3. The molecular weight excluding hydrogens is 503 g/mol. The fourth-order valence-corrected chi connectivity index (χ4v) is 3.58. The number of halogens is 2. The number of anilines is 2. The first-order valence-electron chi connectivity index (χ1n) is 11.1. The molecule has 6 nitrogen and oxygen atoms in total. The van der Waals surface area contributed by atoms with Gasteiger partial charge in [-0.1, -0.05) is 76.0 Å². The van der Waals surface area contributed by atoms with E-state index in [4.69, 9.17) is 23.2 Å². The Balaban J connectivity index is 0. The third kappa shape index (κ3) is 14.6. The molecule has 196 valence electrons. The van der Waals surface area contributed by atoms with Crippen molar-refractivity contribution < 1.29 is 9.59 Å². The van der Waals surface area contributed by atoms with Crippen molar-refractivity contribution in [1.82, 2.24) is 5.32 Å². The second-order valence-corrected chi connectivity index (χ2v) is 9.83. The van der Waals surface area contributed by atoms with Crippen LogP contribution in [-0.2, 0) is 5.41 Å². The van der Waals surface area contributed by atoms with Crippen molar-refractivity contribution in [2.24, 2.45) is 5.73 Å². The highest BCUT2D eigenvalue weighted by atomic mass is 35.5. The van der Waals surface area contributed by atoms with Gasteiger partial charge >= 0.3 is 6.03 Å². The Labute approximate surface area is 225 Å². The molecule has 1 aromatic carbocycles. The fourth-order valence-electron chi connectivity index (χ4n) is 2.16. The van der Waals surface area contributed by atoms with Gasteiger partial charge in [0, 0.05) is 10.4 Å². The largest absolute Gasteiger partial charge is 0.405 e. The molecule has 9 heteroatoms. The average molecular weight is 544 g/mol. The molecule has 1 heterocycles. The molecule has 0 saturated heterocycles. The quantitative estimate of drug-likeness (QED) is 0.219. The zero-order chi connectivity index (χ0) is 27.6. The molecular formula is C26H40Cl2N4O2S. The van der Waals surface area contributed by atoms with Crippen molar-refractivity contribution >= 4 is 57.5 Å². The van der Waals surface area contributed by atoms with E-state index in [1.807, 2.05) is 48.6 Å². The van der Waals surface area contributed by atoms with Crippen molar-refractivity contribution in [3.05, 3.63) is 69.7 Å². The molecule has 2 aromatic rings. The van der Waals surface area contributed by atoms with Crippen LogP contribution in [0.3, 0.4) is 0 Å². The van der Waals surface area contributed by atoms with Gasteiger partial charge in [-0.15, -0.1) is 17.9 Å². The van der Waals surface area contributed by atoms with Gasteiger partial charge in [0.15, 0.2) is 6.29 Å². The molecule has 2 amide bonds. The number of aldehydes is 1. The average Bonchev–Trinajstić information content (AvgIpc) is 3.21. The maximum absolute atomic E-state index is 12.1. The number of hydrogen-bond donors (Lipinski definition) is 4. The Morgan fingerprint density at radius 3 is 2.20 bits per heavy atom. The van der Waals surface area contributed by atoms with Gasteiger partial charge in [0.2, 0.25) is 0 Å². The van der Waals surface area contributed by atoms with E-state index in [-0.39, 0.29) is 10.4 Å². The highest BCUT2D eigenvalue weighted by Crippen LogP contribution is 2.35. The van der Waals surface area contributed by atoms with E-state index >= 15 is 0 Å². The Hall–Kier alpha value is -2.32. The van der Waals surface area contributed by atoms with Gasteiger partial charge in [0.1, 0.15) is 5.00 Å². The Kier molecular flexibility index (Phi) is 18.9. The van der Waals surface area contributed by atoms with Gasteiger partial charge in [-0.25, -0.2) is 4.79 Å². The summed E-state index contributed by atoms with van der Waals surface area (Å²) in [6.45, 7) is 20.1. The van der Waals surface area contributed by atoms with Crippen molar-refractivity contribution in [2.45, 2.75) is 53.4 Å². The van der Waals surface area contributed by atoms with Crippen molar-refractivity contribution in [3.8, 4) is 0 Å². The van der Waals surface area contributed by atoms with E-state index in [9.17, 15) is 9.59 Å². The molecule has 0 spiro atoms. The predicted molar refractivity (Wildman–Crippen MR) is 157 cm³/mol. The summed E-state index contributed by atoms with van der Waals surface area (Å²) in [6, 6.07) is 6.26. The van der Waals surface area contributed by atoms with E-state index in [0.717, 1.165) is 24.1 Å². The number of carbonyl (C=O) groups is 2. The van der Waals surface area contributed by atoms with Gasteiger partial charge < -0.3 is 16.4 Å². The number of rotatable bonds is 6. The lowest BCUT2D eigenvalue weighted by atomic mass is 9.94. The summed E-state index contributed by atoms with van der Waals surface area (Å²) in [7, 11) is 1.95. The van der Waals surface area contributed by atoms with Gasteiger partial charge in [-0.05, 0) is 56.8 Å². The lowest BCUT2D eigenvalue weighted by molar-refractivity contribution is 0.112. The van der Waals surface area contributed by atoms with Crippen LogP contribution in [0, 0.1) is 0 Å². The number of nitrogens with one attached hydrogen (secondary N) is 3. The highest BCUT2D eigenvalue weighted by Gasteiger charge is 2.20. The Morgan fingerprint density at radius 2 is 1.77 bits per heavy atom. The van der Waals surface area contributed by atoms with Crippen LogP contribution >= 0.6 is 34.5 Å². The van der Waals surface area contributed by atoms with Crippen LogP contribution in [0.15, 0.2) is 49.2 Å². The van der Waals surface area contributed by atoms with E-state index in [0.29, 0.717) is 21.3 Å². The maximum atomic E-state index is 12.1. The molecule has 2 rings (SSSR count). The van der Waals surface area contributed by atoms with Crippen molar-refractivity contribution in [1.29, 1.82) is 0 Å². The van der Waals surface area contributed by atoms with Crippen LogP contribution in [0.1, 0.15) is 63.2 Å². The smallest absolute Gasteiger partial charge is 0.324 e. The minimum absolute atomic E-state index is 0.102. The molecule has 1 aromatic heterocycles. The van der Waals surface area contributed by atoms with Crippen LogP contribution in [-0.4, -0.2) is 25.9 Å². The molecule has 0 aliphatic heterocycles. The van der Waals surface area contributed by atoms with Gasteiger partial charge in [0.05, 0.1) is 15.7 Å². The second kappa shape index (κ2) is 18.9. The molecule has 35 heavy (non-hydrogen) atoms. The minimum Gasteiger partial charge on any atom is -0.405 e. The summed E-state index contributed by atoms with van der Waals surface area (Å²) in [4.78, 5) is 24.4. The van der Waals surface area contributed by atoms with Crippen LogP contribution in [0.2, 0.25) is 10.0 Å². The lowest BCUT2D eigenvalue weighted by Crippen LogP contribution is -2.19. The van der Waals surface area contributed by atoms with E-state index < -0.39 is 6.03 Å². The van der Waals surface area contributed by atoms with Gasteiger partial charge in [-0.2, -0.15) is 0 Å². The molecule has 0 aliphatic carbocycles. The molecule has 0 atom stereocenters. The molecule has 0 fully saturated rings. The second-order valence-electron chi connectivity index (χ2n) is 7.99. The zero-order valence-corrected chi connectivity index (χ0v) is 24.2. The summed E-state index contributed by atoms with van der Waals surface area (Å²) in [5.41, 5.74) is 6.60. The van der Waals surface area contributed by atoms with Crippen LogP contribution in [0.25, 0.3) is 0 Å². The summed E-state index contributed by atoms with van der Waals surface area (Å²) in [6.07, 6.45) is 3.07. The SMILES string of the molecule is C=C(C)CCNC.C=CN.CC.CC(C)(C)c1cc(C=O)c(NC(=O)Nc2cccc(Cl)c2Cl)s1. The third-order valence-electron chi connectivity index (χ3n) is 3.86. The summed E-state index contributed by atoms with van der Waals surface area (Å²) in [5.74, 6) is 0. The molecule has 0 radical (unpaired) electrons. The van der Waals surface area contributed by atoms with Gasteiger partial charge in [0.25, 0.3) is 0 Å². The summed E-state index contributed by atoms with van der Waals surface area (Å²) in [5, 5.41) is 9.46. The van der Waals surface area contributed by atoms with Crippen molar-refractivity contribution in [3.63, 3.8) is 0 Å². The van der Waals surface area contributed by atoms with Gasteiger partial charge in [-0.3, -0.25) is 10.1 Å². The molecule has 0 unspecified atom stereocenters. The number of nitrogens with two attached hydrogens (primary N) is 1. The molecule has 0 aliphatic rings. The Bertz CT molecular complexity index is 938. The fraction of sp³-hybridized carbons (Fsp3) is 0.385. The zero-order valence-electron chi connectivity index (χ0n) is 21.9. The predicted octanol–water partition coefficient (Wildman–Crippen LogP) is 8.10. The number of benzene rings is 1. The van der Waals surface area contributed by atoms with Crippen LogP contribution in [0.5, 0.6) is 0 Å². The highest BCUT2D eigenvalue weighted by molar-refractivity contribution is 7.16. The maximum Gasteiger partial charge on any atom is 0.324 e. The third-order valence-corrected chi connectivity index (χ3v) is 6.17. The normalized spacial score (nSPS) is 9.63. The monoisotopic (exact) mass is 542 g/mol. The number of urea groups is 1. The van der Waals surface area contributed by atoms with E-state index in [1.54, 1.807) is 24.3 Å². The molecule has 5 N–H and O–H groups in total.